The number of halogens is 6. The monoisotopic (exact) mass is 541 g/mol. The summed E-state index contributed by atoms with van der Waals surface area (Å²) < 4.78 is 107. The van der Waals surface area contributed by atoms with Crippen LogP contribution in [0.15, 0.2) is 71.6 Å². The van der Waals surface area contributed by atoms with Crippen molar-refractivity contribution in [2.24, 2.45) is 0 Å². The van der Waals surface area contributed by atoms with Crippen molar-refractivity contribution in [1.29, 1.82) is 0 Å². The second-order valence-electron chi connectivity index (χ2n) is 8.73. The molecular formula is C26H21F6NO3S. The van der Waals surface area contributed by atoms with Crippen LogP contribution in [-0.4, -0.2) is 37.3 Å². The van der Waals surface area contributed by atoms with Crippen LogP contribution < -0.4 is 0 Å². The number of hydrogen-bond donors (Lipinski definition) is 0. The molecule has 0 saturated carbocycles. The quantitative estimate of drug-likeness (QED) is 0.347. The van der Waals surface area contributed by atoms with Crippen LogP contribution in [0.3, 0.4) is 0 Å². The molecule has 1 fully saturated rings. The van der Waals surface area contributed by atoms with Gasteiger partial charge in [-0.1, -0.05) is 18.2 Å². The predicted octanol–water partition coefficient (Wildman–Crippen LogP) is 5.95. The molecule has 0 aliphatic carbocycles. The Morgan fingerprint density at radius 3 is 2.16 bits per heavy atom. The molecule has 37 heavy (non-hydrogen) atoms. The zero-order valence-corrected chi connectivity index (χ0v) is 20.0. The van der Waals surface area contributed by atoms with Crippen molar-refractivity contribution < 1.29 is 39.6 Å². The first-order valence-electron chi connectivity index (χ1n) is 11.3. The highest BCUT2D eigenvalue weighted by molar-refractivity contribution is 7.89. The van der Waals surface area contributed by atoms with Gasteiger partial charge >= 0.3 is 6.18 Å². The molecule has 11 heteroatoms. The van der Waals surface area contributed by atoms with E-state index in [0.29, 0.717) is 11.1 Å². The average molecular weight is 542 g/mol. The fourth-order valence-corrected chi connectivity index (χ4v) is 5.93. The van der Waals surface area contributed by atoms with Gasteiger partial charge in [0.05, 0.1) is 16.5 Å². The summed E-state index contributed by atoms with van der Waals surface area (Å²) >= 11 is 0. The minimum atomic E-state index is -4.50. The van der Waals surface area contributed by atoms with Crippen LogP contribution in [0.5, 0.6) is 0 Å². The molecule has 1 aliphatic heterocycles. The van der Waals surface area contributed by atoms with Crippen LogP contribution >= 0.6 is 0 Å². The molecule has 196 valence electrons. The Kier molecular flexibility index (Phi) is 7.48. The molecule has 0 amide bonds. The number of carbonyl (C=O) groups excluding carboxylic acids is 1. The lowest BCUT2D eigenvalue weighted by molar-refractivity contribution is -0.137. The summed E-state index contributed by atoms with van der Waals surface area (Å²) in [6, 6.07) is 10.9. The first-order valence-corrected chi connectivity index (χ1v) is 12.7. The number of sulfonamides is 1. The molecule has 1 aliphatic rings. The second kappa shape index (κ2) is 10.3. The van der Waals surface area contributed by atoms with Crippen LogP contribution in [0.25, 0.3) is 11.1 Å². The molecular weight excluding hydrogens is 520 g/mol. The van der Waals surface area contributed by atoms with Crippen LogP contribution in [-0.2, 0) is 27.4 Å². The molecule has 0 unspecified atom stereocenters. The lowest BCUT2D eigenvalue weighted by Crippen LogP contribution is -2.40. The molecule has 0 radical (unpaired) electrons. The maximum absolute atomic E-state index is 14.5. The van der Waals surface area contributed by atoms with Gasteiger partial charge in [0, 0.05) is 19.4 Å². The lowest BCUT2D eigenvalue weighted by Gasteiger charge is -2.23. The van der Waals surface area contributed by atoms with Gasteiger partial charge in [-0.15, -0.1) is 0 Å². The number of Topliss-reactive ketones (excluding diaryl/α,β-unsaturated/α-hetero) is 1. The lowest BCUT2D eigenvalue weighted by atomic mass is 9.97. The number of ketones is 1. The van der Waals surface area contributed by atoms with Gasteiger partial charge in [-0.25, -0.2) is 21.6 Å². The van der Waals surface area contributed by atoms with Crippen LogP contribution in [0, 0.1) is 11.6 Å². The van der Waals surface area contributed by atoms with Crippen LogP contribution in [0.4, 0.5) is 26.3 Å². The standard InChI is InChI=1S/C26H21F6NO3S/c27-20-7-9-22(10-8-20)37(35,36)33-15-21(28)14-24(33)25(34)12-4-18-13-17(3-11-23(18)29)16-1-5-19(6-2-16)26(30,31)32/h1-3,5-11,13,21,24H,4,12,14-15H2/t21-,24+/m1/s1. The zero-order valence-electron chi connectivity index (χ0n) is 19.2. The minimum Gasteiger partial charge on any atom is -0.298 e. The highest BCUT2D eigenvalue weighted by Gasteiger charge is 2.43. The van der Waals surface area contributed by atoms with Gasteiger partial charge in [-0.05, 0) is 71.6 Å². The Morgan fingerprint density at radius 2 is 1.54 bits per heavy atom. The molecule has 1 heterocycles. The summed E-state index contributed by atoms with van der Waals surface area (Å²) in [5.74, 6) is -1.91. The van der Waals surface area contributed by atoms with E-state index in [2.05, 4.69) is 0 Å². The molecule has 3 aromatic carbocycles. The normalized spacial score (nSPS) is 18.8. The maximum atomic E-state index is 14.5. The number of nitrogens with zero attached hydrogens (tertiary/aromatic N) is 1. The fraction of sp³-hybridized carbons (Fsp3) is 0.269. The summed E-state index contributed by atoms with van der Waals surface area (Å²) in [6.07, 6.45) is -6.85. The number of hydrogen-bond acceptors (Lipinski definition) is 3. The molecule has 3 aromatic rings. The Labute approximate surface area is 209 Å². The van der Waals surface area contributed by atoms with Gasteiger partial charge in [-0.2, -0.15) is 17.5 Å². The predicted molar refractivity (Wildman–Crippen MR) is 124 cm³/mol. The van der Waals surface area contributed by atoms with Crippen molar-refractivity contribution in [3.63, 3.8) is 0 Å². The van der Waals surface area contributed by atoms with Crippen molar-refractivity contribution >= 4 is 15.8 Å². The number of alkyl halides is 4. The van der Waals surface area contributed by atoms with Gasteiger partial charge in [0.2, 0.25) is 10.0 Å². The third kappa shape index (κ3) is 5.88. The number of aryl methyl sites for hydroxylation is 1. The van der Waals surface area contributed by atoms with Gasteiger partial charge in [0.1, 0.15) is 17.8 Å². The maximum Gasteiger partial charge on any atom is 0.416 e. The Hall–Kier alpha value is -3.18. The Bertz CT molecular complexity index is 1390. The van der Waals surface area contributed by atoms with Gasteiger partial charge in [0.25, 0.3) is 0 Å². The Balaban J connectivity index is 1.50. The third-order valence-corrected chi connectivity index (χ3v) is 8.12. The molecule has 0 spiro atoms. The highest BCUT2D eigenvalue weighted by Crippen LogP contribution is 2.32. The molecule has 1 saturated heterocycles. The van der Waals surface area contributed by atoms with Gasteiger partial charge < -0.3 is 0 Å². The van der Waals surface area contributed by atoms with Crippen molar-refractivity contribution in [2.45, 2.75) is 42.5 Å². The van der Waals surface area contributed by atoms with E-state index in [0.717, 1.165) is 46.8 Å². The summed E-state index contributed by atoms with van der Waals surface area (Å²) in [7, 11) is -4.28. The van der Waals surface area contributed by atoms with Crippen molar-refractivity contribution in [1.82, 2.24) is 4.31 Å². The van der Waals surface area contributed by atoms with Crippen molar-refractivity contribution in [3.8, 4) is 11.1 Å². The largest absolute Gasteiger partial charge is 0.416 e. The molecule has 4 nitrogen and oxygen atoms in total. The van der Waals surface area contributed by atoms with Crippen molar-refractivity contribution in [3.05, 3.63) is 89.5 Å². The molecule has 0 bridgehead atoms. The van der Waals surface area contributed by atoms with E-state index in [1.54, 1.807) is 0 Å². The van der Waals surface area contributed by atoms with Crippen LogP contribution in [0.1, 0.15) is 24.0 Å². The fourth-order valence-electron chi connectivity index (χ4n) is 4.28. The number of rotatable bonds is 7. The van der Waals surface area contributed by atoms with E-state index < -0.39 is 57.9 Å². The van der Waals surface area contributed by atoms with E-state index >= 15 is 0 Å². The van der Waals surface area contributed by atoms with Crippen molar-refractivity contribution in [2.75, 3.05) is 6.54 Å². The van der Waals surface area contributed by atoms with Crippen LogP contribution in [0.2, 0.25) is 0 Å². The van der Waals surface area contributed by atoms with Gasteiger partial charge in [0.15, 0.2) is 5.78 Å². The summed E-state index contributed by atoms with van der Waals surface area (Å²) in [5, 5.41) is 0. The third-order valence-electron chi connectivity index (χ3n) is 6.23. The molecule has 2 atom stereocenters. The SMILES string of the molecule is O=C(CCc1cc(-c2ccc(C(F)(F)F)cc2)ccc1F)[C@@H]1C[C@@H](F)CN1S(=O)(=O)c1ccc(F)cc1. The minimum absolute atomic E-state index is 0.105. The highest BCUT2D eigenvalue weighted by atomic mass is 32.2. The van der Waals surface area contributed by atoms with Gasteiger partial charge in [-0.3, -0.25) is 4.79 Å². The molecule has 4 rings (SSSR count). The number of benzene rings is 3. The molecule has 0 aromatic heterocycles. The molecule has 0 N–H and O–H groups in total. The smallest absolute Gasteiger partial charge is 0.298 e. The average Bonchev–Trinajstić information content (AvgIpc) is 3.26. The summed E-state index contributed by atoms with van der Waals surface area (Å²) in [6.45, 7) is -0.534. The number of carbonyl (C=O) groups is 1. The first kappa shape index (κ1) is 26.9. The first-order chi connectivity index (χ1) is 17.4. The van der Waals surface area contributed by atoms with E-state index in [9.17, 15) is 39.6 Å². The van der Waals surface area contributed by atoms with E-state index in [1.807, 2.05) is 0 Å². The van der Waals surface area contributed by atoms with E-state index in [-0.39, 0.29) is 29.7 Å². The second-order valence-corrected chi connectivity index (χ2v) is 10.6. The topological polar surface area (TPSA) is 54.5 Å². The van der Waals surface area contributed by atoms with E-state index in [1.165, 1.54) is 24.3 Å². The zero-order chi connectivity index (χ0) is 27.0. The Morgan fingerprint density at radius 1 is 0.919 bits per heavy atom. The van der Waals surface area contributed by atoms with E-state index in [4.69, 9.17) is 0 Å². The summed E-state index contributed by atoms with van der Waals surface area (Å²) in [4.78, 5) is 12.7. The summed E-state index contributed by atoms with van der Waals surface area (Å²) in [5.41, 5.74) is 0.122.